The molecular formula is C15H14ClN3S. The first-order chi connectivity index (χ1) is 9.63. The third kappa shape index (κ3) is 4.64. The molecule has 2 rings (SSSR count). The van der Waals surface area contributed by atoms with Crippen LogP contribution in [0.25, 0.3) is 0 Å². The topological polar surface area (TPSA) is 36.4 Å². The van der Waals surface area contributed by atoms with Gasteiger partial charge in [0.1, 0.15) is 0 Å². The molecule has 5 heteroatoms. The number of halogens is 1. The van der Waals surface area contributed by atoms with Crippen LogP contribution in [0, 0.1) is 6.92 Å². The van der Waals surface area contributed by atoms with E-state index in [0.29, 0.717) is 10.1 Å². The Labute approximate surface area is 128 Å². The SMILES string of the molecule is Cc1ccc(NC(=S)NN=Cc2cccc(Cl)c2)cc1. The van der Waals surface area contributed by atoms with Gasteiger partial charge in [0.15, 0.2) is 5.11 Å². The lowest BCUT2D eigenvalue weighted by molar-refractivity contribution is 1.05. The predicted molar refractivity (Wildman–Crippen MR) is 89.6 cm³/mol. The Morgan fingerprint density at radius 2 is 1.95 bits per heavy atom. The molecule has 0 aliphatic carbocycles. The van der Waals surface area contributed by atoms with Gasteiger partial charge in [-0.05, 0) is 49.0 Å². The molecule has 0 bridgehead atoms. The third-order valence-electron chi connectivity index (χ3n) is 2.54. The largest absolute Gasteiger partial charge is 0.331 e. The summed E-state index contributed by atoms with van der Waals surface area (Å²) in [7, 11) is 0. The zero-order valence-electron chi connectivity index (χ0n) is 10.9. The first-order valence-electron chi connectivity index (χ1n) is 6.06. The molecule has 0 unspecified atom stereocenters. The lowest BCUT2D eigenvalue weighted by Gasteiger charge is -2.06. The van der Waals surface area contributed by atoms with E-state index in [0.717, 1.165) is 11.3 Å². The highest BCUT2D eigenvalue weighted by molar-refractivity contribution is 7.80. The van der Waals surface area contributed by atoms with Gasteiger partial charge in [-0.2, -0.15) is 5.10 Å². The Bertz CT molecular complexity index is 623. The number of hydrazone groups is 1. The monoisotopic (exact) mass is 303 g/mol. The fourth-order valence-corrected chi connectivity index (χ4v) is 1.92. The Hall–Kier alpha value is -1.91. The fourth-order valence-electron chi connectivity index (χ4n) is 1.55. The molecule has 0 aliphatic heterocycles. The van der Waals surface area contributed by atoms with Crippen molar-refractivity contribution >= 4 is 40.8 Å². The minimum Gasteiger partial charge on any atom is -0.331 e. The maximum Gasteiger partial charge on any atom is 0.191 e. The van der Waals surface area contributed by atoms with Crippen LogP contribution in [0.4, 0.5) is 5.69 Å². The van der Waals surface area contributed by atoms with Gasteiger partial charge in [-0.1, -0.05) is 41.4 Å². The van der Waals surface area contributed by atoms with Crippen LogP contribution in [-0.4, -0.2) is 11.3 Å². The van der Waals surface area contributed by atoms with Gasteiger partial charge in [-0.25, -0.2) is 0 Å². The van der Waals surface area contributed by atoms with Crippen molar-refractivity contribution in [2.75, 3.05) is 5.32 Å². The van der Waals surface area contributed by atoms with E-state index in [2.05, 4.69) is 15.8 Å². The molecular weight excluding hydrogens is 290 g/mol. The number of benzene rings is 2. The van der Waals surface area contributed by atoms with Crippen LogP contribution in [0.15, 0.2) is 53.6 Å². The van der Waals surface area contributed by atoms with Gasteiger partial charge in [0.25, 0.3) is 0 Å². The van der Waals surface area contributed by atoms with Crippen molar-refractivity contribution in [3.8, 4) is 0 Å². The molecule has 102 valence electrons. The van der Waals surface area contributed by atoms with E-state index in [4.69, 9.17) is 23.8 Å². The number of aryl methyl sites for hydroxylation is 1. The van der Waals surface area contributed by atoms with Crippen molar-refractivity contribution in [1.29, 1.82) is 0 Å². The predicted octanol–water partition coefficient (Wildman–Crippen LogP) is 3.97. The normalized spacial score (nSPS) is 10.5. The standard InChI is InChI=1S/C15H14ClN3S/c1-11-5-7-14(8-6-11)18-15(20)19-17-10-12-3-2-4-13(16)9-12/h2-10H,1H3,(H2,18,19,20). The average Bonchev–Trinajstić information content (AvgIpc) is 2.41. The van der Waals surface area contributed by atoms with E-state index in [1.165, 1.54) is 5.56 Å². The molecule has 2 aromatic rings. The van der Waals surface area contributed by atoms with E-state index < -0.39 is 0 Å². The number of nitrogens with one attached hydrogen (secondary N) is 2. The highest BCUT2D eigenvalue weighted by atomic mass is 35.5. The lowest BCUT2D eigenvalue weighted by atomic mass is 10.2. The Morgan fingerprint density at radius 1 is 1.20 bits per heavy atom. The average molecular weight is 304 g/mol. The number of nitrogens with zero attached hydrogens (tertiary/aromatic N) is 1. The molecule has 0 radical (unpaired) electrons. The second kappa shape index (κ2) is 7.03. The highest BCUT2D eigenvalue weighted by Crippen LogP contribution is 2.09. The number of hydrogen-bond donors (Lipinski definition) is 2. The van der Waals surface area contributed by atoms with E-state index in [9.17, 15) is 0 Å². The summed E-state index contributed by atoms with van der Waals surface area (Å²) >= 11 is 11.0. The van der Waals surface area contributed by atoms with Crippen LogP contribution in [0.1, 0.15) is 11.1 Å². The fraction of sp³-hybridized carbons (Fsp3) is 0.0667. The van der Waals surface area contributed by atoms with Crippen molar-refractivity contribution in [2.24, 2.45) is 5.10 Å². The van der Waals surface area contributed by atoms with Crippen LogP contribution < -0.4 is 10.7 Å². The van der Waals surface area contributed by atoms with Crippen molar-refractivity contribution in [1.82, 2.24) is 5.43 Å². The lowest BCUT2D eigenvalue weighted by Crippen LogP contribution is -2.23. The Balaban J connectivity index is 1.87. The van der Waals surface area contributed by atoms with Crippen molar-refractivity contribution in [3.05, 3.63) is 64.7 Å². The quantitative estimate of drug-likeness (QED) is 0.512. The molecule has 0 spiro atoms. The van der Waals surface area contributed by atoms with Gasteiger partial charge in [0, 0.05) is 10.7 Å². The first kappa shape index (κ1) is 14.5. The van der Waals surface area contributed by atoms with Gasteiger partial charge in [0.05, 0.1) is 6.21 Å². The third-order valence-corrected chi connectivity index (χ3v) is 2.97. The van der Waals surface area contributed by atoms with Crippen LogP contribution in [0.2, 0.25) is 5.02 Å². The van der Waals surface area contributed by atoms with Gasteiger partial charge in [0.2, 0.25) is 0 Å². The summed E-state index contributed by atoms with van der Waals surface area (Å²) in [5, 5.41) is 8.22. The summed E-state index contributed by atoms with van der Waals surface area (Å²) < 4.78 is 0. The maximum atomic E-state index is 5.89. The Kier molecular flexibility index (Phi) is 5.09. The van der Waals surface area contributed by atoms with Gasteiger partial charge >= 0.3 is 0 Å². The van der Waals surface area contributed by atoms with Crippen LogP contribution in [0.5, 0.6) is 0 Å². The van der Waals surface area contributed by atoms with Crippen molar-refractivity contribution in [2.45, 2.75) is 6.92 Å². The molecule has 0 aliphatic rings. The summed E-state index contributed by atoms with van der Waals surface area (Å²) in [6.45, 7) is 2.04. The van der Waals surface area contributed by atoms with E-state index in [1.807, 2.05) is 55.5 Å². The molecule has 0 amide bonds. The molecule has 0 heterocycles. The molecule has 0 atom stereocenters. The molecule has 20 heavy (non-hydrogen) atoms. The Morgan fingerprint density at radius 3 is 2.65 bits per heavy atom. The molecule has 0 saturated carbocycles. The van der Waals surface area contributed by atoms with Gasteiger partial charge < -0.3 is 5.32 Å². The van der Waals surface area contributed by atoms with E-state index >= 15 is 0 Å². The number of rotatable bonds is 3. The minimum atomic E-state index is 0.437. The van der Waals surface area contributed by atoms with E-state index in [1.54, 1.807) is 6.21 Å². The molecule has 2 aromatic carbocycles. The summed E-state index contributed by atoms with van der Waals surface area (Å²) in [5.41, 5.74) is 5.79. The van der Waals surface area contributed by atoms with E-state index in [-0.39, 0.29) is 0 Å². The summed E-state index contributed by atoms with van der Waals surface area (Å²) in [6.07, 6.45) is 1.66. The second-order valence-electron chi connectivity index (χ2n) is 4.25. The second-order valence-corrected chi connectivity index (χ2v) is 5.09. The summed E-state index contributed by atoms with van der Waals surface area (Å²) in [4.78, 5) is 0. The number of hydrogen-bond acceptors (Lipinski definition) is 2. The molecule has 0 fully saturated rings. The molecule has 2 N–H and O–H groups in total. The molecule has 0 aromatic heterocycles. The maximum absolute atomic E-state index is 5.89. The summed E-state index contributed by atoms with van der Waals surface area (Å²) in [6, 6.07) is 15.4. The zero-order valence-corrected chi connectivity index (χ0v) is 12.5. The molecule has 0 saturated heterocycles. The van der Waals surface area contributed by atoms with Crippen molar-refractivity contribution < 1.29 is 0 Å². The molecule has 3 nitrogen and oxygen atoms in total. The van der Waals surface area contributed by atoms with Crippen LogP contribution in [-0.2, 0) is 0 Å². The zero-order chi connectivity index (χ0) is 14.4. The van der Waals surface area contributed by atoms with Crippen molar-refractivity contribution in [3.63, 3.8) is 0 Å². The first-order valence-corrected chi connectivity index (χ1v) is 6.84. The van der Waals surface area contributed by atoms with Crippen LogP contribution in [0.3, 0.4) is 0 Å². The highest BCUT2D eigenvalue weighted by Gasteiger charge is 1.95. The smallest absolute Gasteiger partial charge is 0.191 e. The van der Waals surface area contributed by atoms with Gasteiger partial charge in [-0.15, -0.1) is 0 Å². The van der Waals surface area contributed by atoms with Gasteiger partial charge in [-0.3, -0.25) is 5.43 Å². The summed E-state index contributed by atoms with van der Waals surface area (Å²) in [5.74, 6) is 0. The minimum absolute atomic E-state index is 0.437. The number of anilines is 1. The van der Waals surface area contributed by atoms with Crippen LogP contribution >= 0.6 is 23.8 Å². The number of thiocarbonyl (C=S) groups is 1.